The summed E-state index contributed by atoms with van der Waals surface area (Å²) in [6.45, 7) is 2.07. The number of Topliss-reactive ketones (excluding diaryl/α,β-unsaturated/α-hetero) is 1. The van der Waals surface area contributed by atoms with E-state index in [1.54, 1.807) is 24.3 Å². The fourth-order valence-corrected chi connectivity index (χ4v) is 2.36. The molecule has 0 saturated carbocycles. The Morgan fingerprint density at radius 1 is 1.15 bits per heavy atom. The third-order valence-corrected chi connectivity index (χ3v) is 4.35. The van der Waals surface area contributed by atoms with Gasteiger partial charge in [0.2, 0.25) is 0 Å². The van der Waals surface area contributed by atoms with Gasteiger partial charge in [-0.2, -0.15) is 0 Å². The number of rotatable bonds is 3. The lowest BCUT2D eigenvalue weighted by Gasteiger charge is -2.17. The highest BCUT2D eigenvalue weighted by Gasteiger charge is 2.19. The third-order valence-electron chi connectivity index (χ3n) is 3.30. The number of halogens is 1. The molecule has 1 aromatic rings. The second-order valence-corrected chi connectivity index (χ2v) is 5.66. The van der Waals surface area contributed by atoms with E-state index in [1.807, 2.05) is 12.2 Å². The Kier molecular flexibility index (Phi) is 4.55. The van der Waals surface area contributed by atoms with Crippen LogP contribution in [0.4, 0.5) is 0 Å². The van der Waals surface area contributed by atoms with Crippen LogP contribution in [-0.4, -0.2) is 18.9 Å². The molecule has 3 nitrogen and oxygen atoms in total. The Hall–Kier alpha value is -1.68. The Morgan fingerprint density at radius 3 is 2.30 bits per heavy atom. The molecular weight excluding hydrogens is 320 g/mol. The molecule has 1 aromatic carbocycles. The van der Waals surface area contributed by atoms with Crippen LogP contribution < -0.4 is 0 Å². The molecule has 0 fully saturated rings. The van der Waals surface area contributed by atoms with Crippen LogP contribution in [-0.2, 0) is 4.74 Å². The number of methoxy groups -OCH3 is 1. The van der Waals surface area contributed by atoms with Crippen LogP contribution in [0, 0.1) is 5.92 Å². The molecule has 0 saturated heterocycles. The van der Waals surface area contributed by atoms with Gasteiger partial charge in [0.15, 0.2) is 5.78 Å². The van der Waals surface area contributed by atoms with Crippen LogP contribution in [0.3, 0.4) is 0 Å². The summed E-state index contributed by atoms with van der Waals surface area (Å²) in [4.78, 5) is 23.7. The zero-order valence-electron chi connectivity index (χ0n) is 11.4. The first-order valence-electron chi connectivity index (χ1n) is 6.32. The van der Waals surface area contributed by atoms with Crippen molar-refractivity contribution in [2.75, 3.05) is 7.11 Å². The highest BCUT2D eigenvalue weighted by molar-refractivity contribution is 9.11. The summed E-state index contributed by atoms with van der Waals surface area (Å²) in [5.74, 6) is -0.0841. The van der Waals surface area contributed by atoms with Crippen molar-refractivity contribution in [1.29, 1.82) is 0 Å². The van der Waals surface area contributed by atoms with E-state index in [4.69, 9.17) is 0 Å². The molecule has 1 atom stereocenters. The van der Waals surface area contributed by atoms with E-state index in [-0.39, 0.29) is 5.78 Å². The fourth-order valence-electron chi connectivity index (χ4n) is 2.07. The second kappa shape index (κ2) is 6.18. The van der Waals surface area contributed by atoms with Crippen LogP contribution in [0.5, 0.6) is 0 Å². The SMILES string of the molecule is COC(=O)c1ccc(C(=O)C2=CC=C(Br)C(C)C2)cc1. The lowest BCUT2D eigenvalue weighted by atomic mass is 9.90. The van der Waals surface area contributed by atoms with Gasteiger partial charge in [0.1, 0.15) is 0 Å². The van der Waals surface area contributed by atoms with Gasteiger partial charge < -0.3 is 4.74 Å². The first-order chi connectivity index (χ1) is 9.52. The molecule has 0 heterocycles. The zero-order valence-corrected chi connectivity index (χ0v) is 12.9. The number of hydrogen-bond donors (Lipinski definition) is 0. The molecule has 0 aliphatic heterocycles. The van der Waals surface area contributed by atoms with E-state index in [0.717, 1.165) is 10.1 Å². The number of carbonyl (C=O) groups excluding carboxylic acids is 2. The number of ether oxygens (including phenoxy) is 1. The van der Waals surface area contributed by atoms with Crippen LogP contribution in [0.2, 0.25) is 0 Å². The van der Waals surface area contributed by atoms with Gasteiger partial charge in [-0.3, -0.25) is 4.79 Å². The van der Waals surface area contributed by atoms with Gasteiger partial charge in [-0.15, -0.1) is 0 Å². The normalized spacial score (nSPS) is 18.1. The number of ketones is 1. The smallest absolute Gasteiger partial charge is 0.337 e. The second-order valence-electron chi connectivity index (χ2n) is 4.75. The van der Waals surface area contributed by atoms with Gasteiger partial charge >= 0.3 is 5.97 Å². The van der Waals surface area contributed by atoms with E-state index in [2.05, 4.69) is 27.6 Å². The maximum Gasteiger partial charge on any atom is 0.337 e. The van der Waals surface area contributed by atoms with E-state index in [1.165, 1.54) is 7.11 Å². The Bertz CT molecular complexity index is 597. The van der Waals surface area contributed by atoms with Gasteiger partial charge in [0.05, 0.1) is 12.7 Å². The highest BCUT2D eigenvalue weighted by atomic mass is 79.9. The zero-order chi connectivity index (χ0) is 14.7. The van der Waals surface area contributed by atoms with Crippen LogP contribution in [0.25, 0.3) is 0 Å². The van der Waals surface area contributed by atoms with Gasteiger partial charge in [-0.1, -0.05) is 47.1 Å². The lowest BCUT2D eigenvalue weighted by molar-refractivity contribution is 0.0600. The number of esters is 1. The summed E-state index contributed by atoms with van der Waals surface area (Å²) >= 11 is 3.47. The summed E-state index contributed by atoms with van der Waals surface area (Å²) in [5.41, 5.74) is 1.81. The molecule has 1 aliphatic rings. The molecule has 0 spiro atoms. The molecule has 104 valence electrons. The molecule has 4 heteroatoms. The van der Waals surface area contributed by atoms with E-state index in [9.17, 15) is 9.59 Å². The van der Waals surface area contributed by atoms with Crippen molar-refractivity contribution >= 4 is 27.7 Å². The minimum absolute atomic E-state index is 0.00418. The molecule has 0 aromatic heterocycles. The maximum atomic E-state index is 12.4. The van der Waals surface area contributed by atoms with Crippen molar-refractivity contribution in [1.82, 2.24) is 0 Å². The van der Waals surface area contributed by atoms with Crippen LogP contribution in [0.15, 0.2) is 46.5 Å². The van der Waals surface area contributed by atoms with E-state index in [0.29, 0.717) is 23.5 Å². The molecule has 1 aliphatic carbocycles. The molecule has 0 amide bonds. The van der Waals surface area contributed by atoms with E-state index < -0.39 is 5.97 Å². The molecule has 0 radical (unpaired) electrons. The van der Waals surface area contributed by atoms with Gasteiger partial charge in [0, 0.05) is 11.1 Å². The monoisotopic (exact) mass is 334 g/mol. The van der Waals surface area contributed by atoms with Crippen LogP contribution in [0.1, 0.15) is 34.1 Å². The third kappa shape index (κ3) is 3.07. The average molecular weight is 335 g/mol. The average Bonchev–Trinajstić information content (AvgIpc) is 2.48. The summed E-state index contributed by atoms with van der Waals surface area (Å²) in [5, 5.41) is 0. The Labute approximate surface area is 126 Å². The lowest BCUT2D eigenvalue weighted by Crippen LogP contribution is -2.11. The van der Waals surface area contributed by atoms with Gasteiger partial charge in [-0.25, -0.2) is 4.79 Å². The summed E-state index contributed by atoms with van der Waals surface area (Å²) < 4.78 is 5.74. The van der Waals surface area contributed by atoms with Gasteiger partial charge in [0.25, 0.3) is 0 Å². The van der Waals surface area contributed by atoms with Crippen LogP contribution >= 0.6 is 15.9 Å². The Balaban J connectivity index is 2.20. The first kappa shape index (κ1) is 14.7. The van der Waals surface area contributed by atoms with Crippen molar-refractivity contribution in [3.8, 4) is 0 Å². The maximum absolute atomic E-state index is 12.4. The number of hydrogen-bond acceptors (Lipinski definition) is 3. The van der Waals surface area contributed by atoms with Crippen molar-refractivity contribution < 1.29 is 14.3 Å². The number of allylic oxidation sites excluding steroid dienone is 4. The molecular formula is C16H15BrO3. The fraction of sp³-hybridized carbons (Fsp3) is 0.250. The van der Waals surface area contributed by atoms with Crippen molar-refractivity contribution in [2.45, 2.75) is 13.3 Å². The minimum atomic E-state index is -0.402. The van der Waals surface area contributed by atoms with Crippen molar-refractivity contribution in [3.05, 3.63) is 57.6 Å². The predicted octanol–water partition coefficient (Wildman–Crippen LogP) is 3.90. The molecule has 20 heavy (non-hydrogen) atoms. The summed E-state index contributed by atoms with van der Waals surface area (Å²) in [6, 6.07) is 6.54. The molecule has 1 unspecified atom stereocenters. The topological polar surface area (TPSA) is 43.4 Å². The molecule has 0 N–H and O–H groups in total. The molecule has 2 rings (SSSR count). The largest absolute Gasteiger partial charge is 0.465 e. The van der Waals surface area contributed by atoms with Crippen molar-refractivity contribution in [2.24, 2.45) is 5.92 Å². The Morgan fingerprint density at radius 2 is 1.75 bits per heavy atom. The van der Waals surface area contributed by atoms with Gasteiger partial charge in [-0.05, 0) is 29.0 Å². The van der Waals surface area contributed by atoms with E-state index >= 15 is 0 Å². The minimum Gasteiger partial charge on any atom is -0.465 e. The standard InChI is InChI=1S/C16H15BrO3/c1-10-9-13(7-8-14(10)17)15(18)11-3-5-12(6-4-11)16(19)20-2/h3-8,10H,9H2,1-2H3. The number of benzene rings is 1. The molecule has 0 bridgehead atoms. The first-order valence-corrected chi connectivity index (χ1v) is 7.11. The quantitative estimate of drug-likeness (QED) is 0.621. The number of carbonyl (C=O) groups is 2. The van der Waals surface area contributed by atoms with Crippen molar-refractivity contribution in [3.63, 3.8) is 0 Å². The summed E-state index contributed by atoms with van der Waals surface area (Å²) in [7, 11) is 1.33. The summed E-state index contributed by atoms with van der Waals surface area (Å²) in [6.07, 6.45) is 4.49. The highest BCUT2D eigenvalue weighted by Crippen LogP contribution is 2.30. The predicted molar refractivity (Wildman–Crippen MR) is 81.0 cm³/mol.